The van der Waals surface area contributed by atoms with Crippen LogP contribution >= 0.6 is 0 Å². The lowest BCUT2D eigenvalue weighted by Crippen LogP contribution is -2.56. The Balaban J connectivity index is 2.55. The molecule has 1 aromatic rings. The van der Waals surface area contributed by atoms with Gasteiger partial charge in [0.1, 0.15) is 11.6 Å². The van der Waals surface area contributed by atoms with Crippen molar-refractivity contribution >= 4 is 11.9 Å². The van der Waals surface area contributed by atoms with Crippen LogP contribution in [0.15, 0.2) is 24.3 Å². The Morgan fingerprint density at radius 1 is 0.868 bits per heavy atom. The van der Waals surface area contributed by atoms with E-state index in [1.807, 2.05) is 32.9 Å². The first-order valence-corrected chi connectivity index (χ1v) is 14.4. The molecule has 216 valence electrons. The fraction of sp³-hybridized carbons (Fsp3) is 0.733. The van der Waals surface area contributed by atoms with E-state index >= 15 is 0 Å². The highest BCUT2D eigenvalue weighted by Gasteiger charge is 2.37. The summed E-state index contributed by atoms with van der Waals surface area (Å²) in [5, 5.41) is 11.3. The van der Waals surface area contributed by atoms with Crippen molar-refractivity contribution in [2.75, 3.05) is 33.3 Å². The number of carbonyl (C=O) groups excluding carboxylic acids is 2. The second-order valence-corrected chi connectivity index (χ2v) is 11.3. The summed E-state index contributed by atoms with van der Waals surface area (Å²) in [4.78, 5) is 28.3. The molecular weight excluding hydrogens is 480 g/mol. The number of nitrogens with zero attached hydrogens (tertiary/aromatic N) is 1. The summed E-state index contributed by atoms with van der Waals surface area (Å²) < 4.78 is 10.9. The largest absolute Gasteiger partial charge is 0.465 e. The molecule has 1 aromatic carbocycles. The number of carbonyl (C=O) groups is 2. The van der Waals surface area contributed by atoms with Crippen molar-refractivity contribution < 1.29 is 19.1 Å². The summed E-state index contributed by atoms with van der Waals surface area (Å²) in [5.41, 5.74) is 0.648. The molecule has 2 rings (SSSR count). The summed E-state index contributed by atoms with van der Waals surface area (Å²) in [5.74, 6) is -0.670. The lowest BCUT2D eigenvalue weighted by Gasteiger charge is -2.41. The molecule has 1 unspecified atom stereocenters. The van der Waals surface area contributed by atoms with Gasteiger partial charge >= 0.3 is 11.9 Å². The minimum absolute atomic E-state index is 0.110. The van der Waals surface area contributed by atoms with E-state index in [1.54, 1.807) is 12.1 Å². The molecule has 1 heterocycles. The fourth-order valence-corrected chi connectivity index (χ4v) is 4.94. The zero-order chi connectivity index (χ0) is 28.3. The zero-order valence-corrected chi connectivity index (χ0v) is 24.9. The number of methoxy groups -OCH3 is 1. The highest BCUT2D eigenvalue weighted by atomic mass is 16.6. The molecule has 0 spiro atoms. The van der Waals surface area contributed by atoms with Gasteiger partial charge in [0, 0.05) is 50.3 Å². The van der Waals surface area contributed by atoms with Gasteiger partial charge in [-0.25, -0.2) is 9.59 Å². The minimum atomic E-state index is -0.622. The third-order valence-electron chi connectivity index (χ3n) is 7.41. The molecule has 1 fully saturated rings. The first kappa shape index (κ1) is 32.2. The summed E-state index contributed by atoms with van der Waals surface area (Å²) in [6, 6.07) is 7.63. The molecule has 1 aliphatic rings. The number of nitrogens with one attached hydrogen (secondary N) is 3. The first-order chi connectivity index (χ1) is 18.1. The number of hydrogen-bond acceptors (Lipinski definition) is 8. The van der Waals surface area contributed by atoms with Gasteiger partial charge in [0.05, 0.1) is 12.7 Å². The molecule has 5 atom stereocenters. The Morgan fingerprint density at radius 2 is 1.39 bits per heavy atom. The van der Waals surface area contributed by atoms with Crippen LogP contribution in [0.4, 0.5) is 0 Å². The third kappa shape index (κ3) is 9.63. The van der Waals surface area contributed by atoms with Gasteiger partial charge in [0.15, 0.2) is 0 Å². The van der Waals surface area contributed by atoms with E-state index in [-0.39, 0.29) is 18.1 Å². The van der Waals surface area contributed by atoms with Gasteiger partial charge in [-0.1, -0.05) is 39.8 Å². The first-order valence-electron chi connectivity index (χ1n) is 14.4. The fourth-order valence-electron chi connectivity index (χ4n) is 4.94. The molecule has 0 radical (unpaired) electrons. The van der Waals surface area contributed by atoms with Gasteiger partial charge in [-0.3, -0.25) is 4.90 Å². The van der Waals surface area contributed by atoms with Crippen LogP contribution in [0.1, 0.15) is 96.1 Å². The molecule has 0 saturated carbocycles. The van der Waals surface area contributed by atoms with Crippen molar-refractivity contribution in [3.05, 3.63) is 35.4 Å². The van der Waals surface area contributed by atoms with Gasteiger partial charge in [0.25, 0.3) is 0 Å². The standard InChI is InChI=1S/C30H52N4O4/c1-9-23-18-32-25(11-3)20-34(26(12-4)19-33-24(10-2)17-31-23)27(29(36)38-30(5,6)7)21-13-15-22(16-14-21)28(35)37-8/h13-16,23-27,31-33H,9-12,17-20H2,1-8H3/t23-,24-,25-,26-,27?/m1/s1. The summed E-state index contributed by atoms with van der Waals surface area (Å²) in [7, 11) is 1.37. The van der Waals surface area contributed by atoms with Crippen molar-refractivity contribution in [2.45, 2.75) is 110 Å². The molecule has 1 aliphatic heterocycles. The zero-order valence-electron chi connectivity index (χ0n) is 24.9. The quantitative estimate of drug-likeness (QED) is 0.432. The van der Waals surface area contributed by atoms with Crippen molar-refractivity contribution in [1.29, 1.82) is 0 Å². The van der Waals surface area contributed by atoms with Crippen molar-refractivity contribution in [1.82, 2.24) is 20.9 Å². The van der Waals surface area contributed by atoms with Crippen LogP contribution in [0.3, 0.4) is 0 Å². The lowest BCUT2D eigenvalue weighted by atomic mass is 9.98. The predicted molar refractivity (Wildman–Crippen MR) is 153 cm³/mol. The molecular formula is C30H52N4O4. The Kier molecular flexibility index (Phi) is 13.2. The normalized spacial score (nSPS) is 25.1. The molecule has 8 nitrogen and oxygen atoms in total. The molecule has 1 saturated heterocycles. The lowest BCUT2D eigenvalue weighted by molar-refractivity contribution is -0.163. The molecule has 0 bridgehead atoms. The Bertz CT molecular complexity index is 855. The van der Waals surface area contributed by atoms with Crippen LogP contribution in [0, 0.1) is 0 Å². The summed E-state index contributed by atoms with van der Waals surface area (Å²) in [6.45, 7) is 17.8. The highest BCUT2D eigenvalue weighted by molar-refractivity contribution is 5.89. The van der Waals surface area contributed by atoms with Gasteiger partial charge in [-0.2, -0.15) is 0 Å². The number of esters is 2. The molecule has 8 heteroatoms. The number of hydrogen-bond donors (Lipinski definition) is 3. The van der Waals surface area contributed by atoms with E-state index in [4.69, 9.17) is 9.47 Å². The van der Waals surface area contributed by atoms with E-state index in [9.17, 15) is 9.59 Å². The maximum Gasteiger partial charge on any atom is 0.337 e. The van der Waals surface area contributed by atoms with Crippen molar-refractivity contribution in [2.24, 2.45) is 0 Å². The third-order valence-corrected chi connectivity index (χ3v) is 7.41. The molecule has 3 N–H and O–H groups in total. The second kappa shape index (κ2) is 15.6. The molecule has 0 amide bonds. The van der Waals surface area contributed by atoms with E-state index in [0.717, 1.165) is 50.9 Å². The average Bonchev–Trinajstić information content (AvgIpc) is 2.89. The number of benzene rings is 1. The van der Waals surface area contributed by atoms with Crippen molar-refractivity contribution in [3.8, 4) is 0 Å². The van der Waals surface area contributed by atoms with Gasteiger partial charge in [-0.05, 0) is 64.2 Å². The number of ether oxygens (including phenoxy) is 2. The van der Waals surface area contributed by atoms with Crippen LogP contribution in [0.5, 0.6) is 0 Å². The number of rotatable bonds is 8. The van der Waals surface area contributed by atoms with E-state index in [1.165, 1.54) is 7.11 Å². The maximum atomic E-state index is 13.9. The van der Waals surface area contributed by atoms with Crippen LogP contribution in [-0.4, -0.2) is 79.9 Å². The Morgan fingerprint density at radius 3 is 1.87 bits per heavy atom. The average molecular weight is 533 g/mol. The van der Waals surface area contributed by atoms with Crippen LogP contribution in [0.2, 0.25) is 0 Å². The van der Waals surface area contributed by atoms with E-state index < -0.39 is 17.6 Å². The predicted octanol–water partition coefficient (Wildman–Crippen LogP) is 4.05. The van der Waals surface area contributed by atoms with Gasteiger partial charge < -0.3 is 25.4 Å². The van der Waals surface area contributed by atoms with Crippen molar-refractivity contribution in [3.63, 3.8) is 0 Å². The second-order valence-electron chi connectivity index (χ2n) is 11.3. The monoisotopic (exact) mass is 532 g/mol. The maximum absolute atomic E-state index is 13.9. The topological polar surface area (TPSA) is 91.9 Å². The van der Waals surface area contributed by atoms with E-state index in [2.05, 4.69) is 48.5 Å². The van der Waals surface area contributed by atoms with E-state index in [0.29, 0.717) is 24.2 Å². The van der Waals surface area contributed by atoms with Gasteiger partial charge in [0.2, 0.25) is 0 Å². The smallest absolute Gasteiger partial charge is 0.337 e. The summed E-state index contributed by atoms with van der Waals surface area (Å²) in [6.07, 6.45) is 3.89. The van der Waals surface area contributed by atoms with Crippen LogP contribution in [0.25, 0.3) is 0 Å². The van der Waals surface area contributed by atoms with Gasteiger partial charge in [-0.15, -0.1) is 0 Å². The van der Waals surface area contributed by atoms with Crippen LogP contribution in [-0.2, 0) is 14.3 Å². The molecule has 0 aliphatic carbocycles. The highest BCUT2D eigenvalue weighted by Crippen LogP contribution is 2.29. The Labute approximate surface area is 230 Å². The minimum Gasteiger partial charge on any atom is -0.465 e. The van der Waals surface area contributed by atoms with Crippen LogP contribution < -0.4 is 16.0 Å². The molecule has 0 aromatic heterocycles. The Hall–Kier alpha value is -2.00. The summed E-state index contributed by atoms with van der Waals surface area (Å²) >= 11 is 0. The SMILES string of the molecule is CC[C@@H]1CN[C@H](CC)CN(C(C(=O)OC(C)(C)C)c2ccc(C(=O)OC)cc2)[C@H](CC)CN[C@H](CC)CN1. The molecule has 38 heavy (non-hydrogen) atoms.